The molecule has 15 heavy (non-hydrogen) atoms. The van der Waals surface area contributed by atoms with Crippen LogP contribution in [-0.4, -0.2) is 42.5 Å². The van der Waals surface area contributed by atoms with E-state index in [1.165, 1.54) is 42.8 Å². The van der Waals surface area contributed by atoms with Crippen molar-refractivity contribution >= 4 is 15.9 Å². The van der Waals surface area contributed by atoms with Gasteiger partial charge in [-0.15, -0.1) is 0 Å². The summed E-state index contributed by atoms with van der Waals surface area (Å²) in [7, 11) is 0. The molecule has 4 rings (SSSR count). The van der Waals surface area contributed by atoms with Crippen molar-refractivity contribution in [2.45, 2.75) is 6.04 Å². The molecule has 0 spiro atoms. The maximum atomic E-state index is 3.55. The zero-order valence-corrected chi connectivity index (χ0v) is 10.3. The van der Waals surface area contributed by atoms with Crippen molar-refractivity contribution in [2.24, 2.45) is 0 Å². The molecule has 0 amide bonds. The lowest BCUT2D eigenvalue weighted by Gasteiger charge is -2.47. The second-order valence-corrected chi connectivity index (χ2v) is 5.32. The summed E-state index contributed by atoms with van der Waals surface area (Å²) in [5, 5.41) is 0. The summed E-state index contributed by atoms with van der Waals surface area (Å²) in [6, 6.07) is 9.35. The first-order valence-electron chi connectivity index (χ1n) is 5.55. The molecular weight excluding hydrogens is 252 g/mol. The fourth-order valence-electron chi connectivity index (χ4n) is 2.65. The summed E-state index contributed by atoms with van der Waals surface area (Å²) in [6.07, 6.45) is 0. The van der Waals surface area contributed by atoms with Crippen LogP contribution in [-0.2, 0) is 0 Å². The van der Waals surface area contributed by atoms with Gasteiger partial charge in [0.25, 0.3) is 0 Å². The Morgan fingerprint density at radius 3 is 2.53 bits per heavy atom. The molecular formula is C12H15BrN2. The Kier molecular flexibility index (Phi) is 2.54. The van der Waals surface area contributed by atoms with Gasteiger partial charge in [0.1, 0.15) is 0 Å². The Morgan fingerprint density at radius 1 is 1.13 bits per heavy atom. The highest BCUT2D eigenvalue weighted by atomic mass is 79.9. The fraction of sp³-hybridized carbons (Fsp3) is 0.500. The van der Waals surface area contributed by atoms with E-state index in [1.54, 1.807) is 0 Å². The van der Waals surface area contributed by atoms with E-state index in [1.807, 2.05) is 0 Å². The minimum atomic E-state index is 0.616. The van der Waals surface area contributed by atoms with Crippen LogP contribution in [0.4, 0.5) is 0 Å². The van der Waals surface area contributed by atoms with Gasteiger partial charge in [-0.25, -0.2) is 0 Å². The lowest BCUT2D eigenvalue weighted by molar-refractivity contribution is 0.0123. The highest BCUT2D eigenvalue weighted by molar-refractivity contribution is 9.10. The van der Waals surface area contributed by atoms with Crippen LogP contribution in [0.5, 0.6) is 0 Å². The van der Waals surface area contributed by atoms with Gasteiger partial charge in [0.2, 0.25) is 0 Å². The van der Waals surface area contributed by atoms with E-state index in [0.29, 0.717) is 6.04 Å². The normalized spacial score (nSPS) is 34.3. The Balaban J connectivity index is 1.88. The number of hydrogen-bond donors (Lipinski definition) is 0. The first-order chi connectivity index (χ1) is 7.33. The molecule has 3 saturated heterocycles. The third-order valence-corrected chi connectivity index (χ3v) is 4.01. The predicted octanol–water partition coefficient (Wildman–Crippen LogP) is 2.12. The van der Waals surface area contributed by atoms with Crippen LogP contribution in [0.3, 0.4) is 0 Å². The van der Waals surface area contributed by atoms with Crippen LogP contribution in [0.2, 0.25) is 0 Å². The number of halogens is 1. The molecule has 0 N–H and O–H groups in total. The van der Waals surface area contributed by atoms with Gasteiger partial charge in [0.15, 0.2) is 0 Å². The number of rotatable bonds is 1. The Bertz CT molecular complexity index is 358. The highest BCUT2D eigenvalue weighted by Gasteiger charge is 2.32. The number of hydrogen-bond acceptors (Lipinski definition) is 2. The summed E-state index contributed by atoms with van der Waals surface area (Å²) in [5.41, 5.74) is 1.45. The van der Waals surface area contributed by atoms with E-state index in [9.17, 15) is 0 Å². The first kappa shape index (κ1) is 9.82. The van der Waals surface area contributed by atoms with Crippen molar-refractivity contribution in [3.8, 4) is 0 Å². The molecule has 1 aromatic rings. The second kappa shape index (κ2) is 3.89. The molecule has 3 fully saturated rings. The minimum Gasteiger partial charge on any atom is -0.299 e. The monoisotopic (exact) mass is 266 g/mol. The third kappa shape index (κ3) is 1.84. The molecule has 0 aliphatic carbocycles. The fourth-order valence-corrected chi connectivity index (χ4v) is 3.06. The Hall–Kier alpha value is -0.380. The number of nitrogens with zero attached hydrogens (tertiary/aromatic N) is 2. The van der Waals surface area contributed by atoms with Crippen molar-refractivity contribution < 1.29 is 0 Å². The zero-order chi connectivity index (χ0) is 10.3. The minimum absolute atomic E-state index is 0.616. The van der Waals surface area contributed by atoms with Crippen LogP contribution in [0.1, 0.15) is 11.6 Å². The summed E-state index contributed by atoms with van der Waals surface area (Å²) in [5.74, 6) is 0. The molecule has 2 nitrogen and oxygen atoms in total. The molecule has 1 atom stereocenters. The summed E-state index contributed by atoms with van der Waals surface area (Å²) < 4.78 is 1.19. The number of benzene rings is 1. The smallest absolute Gasteiger partial charge is 0.0476 e. The van der Waals surface area contributed by atoms with Gasteiger partial charge in [-0.3, -0.25) is 9.80 Å². The quantitative estimate of drug-likeness (QED) is 0.769. The average Bonchev–Trinajstić information content (AvgIpc) is 2.30. The highest BCUT2D eigenvalue weighted by Crippen LogP contribution is 2.29. The van der Waals surface area contributed by atoms with Crippen LogP contribution < -0.4 is 0 Å². The van der Waals surface area contributed by atoms with Crippen LogP contribution in [0.25, 0.3) is 0 Å². The van der Waals surface area contributed by atoms with Gasteiger partial charge in [0.05, 0.1) is 0 Å². The molecule has 2 bridgehead atoms. The average molecular weight is 267 g/mol. The Labute approximate surface area is 99.0 Å². The molecule has 1 aromatic carbocycles. The summed E-state index contributed by atoms with van der Waals surface area (Å²) >= 11 is 3.55. The van der Waals surface area contributed by atoms with E-state index in [2.05, 4.69) is 50.0 Å². The largest absolute Gasteiger partial charge is 0.299 e. The molecule has 0 aromatic heterocycles. The molecule has 0 radical (unpaired) electrons. The molecule has 80 valence electrons. The van der Waals surface area contributed by atoms with Gasteiger partial charge in [0, 0.05) is 43.2 Å². The first-order valence-corrected chi connectivity index (χ1v) is 6.34. The van der Waals surface area contributed by atoms with E-state index in [4.69, 9.17) is 0 Å². The SMILES string of the molecule is Brc1cccc(C2CN3CCN2CC3)c1. The molecule has 1 unspecified atom stereocenters. The maximum Gasteiger partial charge on any atom is 0.0476 e. The van der Waals surface area contributed by atoms with Crippen molar-refractivity contribution in [3.05, 3.63) is 34.3 Å². The summed E-state index contributed by atoms with van der Waals surface area (Å²) in [6.45, 7) is 6.18. The lowest BCUT2D eigenvalue weighted by atomic mass is 10.00. The van der Waals surface area contributed by atoms with Gasteiger partial charge >= 0.3 is 0 Å². The van der Waals surface area contributed by atoms with E-state index in [-0.39, 0.29) is 0 Å². The molecule has 3 aliphatic rings. The van der Waals surface area contributed by atoms with Gasteiger partial charge in [-0.1, -0.05) is 28.1 Å². The van der Waals surface area contributed by atoms with Crippen molar-refractivity contribution in [2.75, 3.05) is 32.7 Å². The standard InChI is InChI=1S/C12H15BrN2/c13-11-3-1-2-10(8-11)12-9-14-4-6-15(12)7-5-14/h1-3,8,12H,4-7,9H2. The molecule has 3 heterocycles. The molecule has 3 heteroatoms. The Morgan fingerprint density at radius 2 is 1.93 bits per heavy atom. The van der Waals surface area contributed by atoms with Crippen molar-refractivity contribution in [3.63, 3.8) is 0 Å². The molecule has 0 saturated carbocycles. The van der Waals surface area contributed by atoms with E-state index in [0.717, 1.165) is 0 Å². The molecule has 3 aliphatic heterocycles. The maximum absolute atomic E-state index is 3.55. The van der Waals surface area contributed by atoms with Crippen LogP contribution in [0.15, 0.2) is 28.7 Å². The van der Waals surface area contributed by atoms with Crippen molar-refractivity contribution in [1.82, 2.24) is 9.80 Å². The number of fused-ring (bicyclic) bond motifs is 3. The van der Waals surface area contributed by atoms with Gasteiger partial charge in [-0.05, 0) is 17.7 Å². The van der Waals surface area contributed by atoms with Crippen LogP contribution >= 0.6 is 15.9 Å². The summed E-state index contributed by atoms with van der Waals surface area (Å²) in [4.78, 5) is 5.19. The van der Waals surface area contributed by atoms with Crippen LogP contribution in [0, 0.1) is 0 Å². The third-order valence-electron chi connectivity index (χ3n) is 3.51. The predicted molar refractivity (Wildman–Crippen MR) is 64.9 cm³/mol. The van der Waals surface area contributed by atoms with Crippen molar-refractivity contribution in [1.29, 1.82) is 0 Å². The second-order valence-electron chi connectivity index (χ2n) is 4.41. The van der Waals surface area contributed by atoms with E-state index >= 15 is 0 Å². The number of piperazine rings is 3. The zero-order valence-electron chi connectivity index (χ0n) is 8.69. The topological polar surface area (TPSA) is 6.48 Å². The van der Waals surface area contributed by atoms with Gasteiger partial charge < -0.3 is 0 Å². The van der Waals surface area contributed by atoms with Gasteiger partial charge in [-0.2, -0.15) is 0 Å². The van der Waals surface area contributed by atoms with E-state index < -0.39 is 0 Å². The lowest BCUT2D eigenvalue weighted by Crippen LogP contribution is -2.56.